The zero-order valence-electron chi connectivity index (χ0n) is 11.1. The van der Waals surface area contributed by atoms with Gasteiger partial charge in [0.15, 0.2) is 0 Å². The van der Waals surface area contributed by atoms with Gasteiger partial charge >= 0.3 is 0 Å². The molecule has 0 aliphatic carbocycles. The highest BCUT2D eigenvalue weighted by atomic mass is 16.5. The highest BCUT2D eigenvalue weighted by molar-refractivity contribution is 5.22. The van der Waals surface area contributed by atoms with Crippen molar-refractivity contribution in [2.24, 2.45) is 0 Å². The van der Waals surface area contributed by atoms with E-state index in [0.29, 0.717) is 11.7 Å². The molecule has 104 valence electrons. The van der Waals surface area contributed by atoms with Crippen molar-refractivity contribution in [1.29, 1.82) is 5.26 Å². The molecule has 0 radical (unpaired) electrons. The third-order valence-corrected chi connectivity index (χ3v) is 2.79. The molecule has 6 nitrogen and oxygen atoms in total. The minimum Gasteiger partial charge on any atom is -0.392 e. The Morgan fingerprint density at radius 1 is 1.40 bits per heavy atom. The lowest BCUT2D eigenvalue weighted by atomic mass is 10.1. The molecule has 1 heterocycles. The van der Waals surface area contributed by atoms with E-state index in [-0.39, 0.29) is 12.8 Å². The van der Waals surface area contributed by atoms with E-state index in [1.54, 1.807) is 7.11 Å². The van der Waals surface area contributed by atoms with Gasteiger partial charge in [0, 0.05) is 7.11 Å². The van der Waals surface area contributed by atoms with Crippen molar-refractivity contribution in [3.05, 3.63) is 47.6 Å². The number of nitrogens with zero attached hydrogens (tertiary/aromatic N) is 3. The number of methoxy groups -OCH3 is 1. The van der Waals surface area contributed by atoms with Crippen molar-refractivity contribution >= 4 is 0 Å². The van der Waals surface area contributed by atoms with Crippen LogP contribution in [0.2, 0.25) is 0 Å². The van der Waals surface area contributed by atoms with Crippen LogP contribution >= 0.6 is 0 Å². The van der Waals surface area contributed by atoms with Gasteiger partial charge in [-0.05, 0) is 5.56 Å². The average molecular weight is 273 g/mol. The summed E-state index contributed by atoms with van der Waals surface area (Å²) in [5.41, 5.74) is 0.917. The summed E-state index contributed by atoms with van der Waals surface area (Å²) < 4.78 is 10.5. The molecule has 0 spiro atoms. The number of aliphatic hydroxyl groups is 1. The van der Waals surface area contributed by atoms with Crippen LogP contribution in [-0.2, 0) is 11.2 Å². The number of ether oxygens (including phenoxy) is 1. The summed E-state index contributed by atoms with van der Waals surface area (Å²) in [5.74, 6) is 0.693. The second-order valence-corrected chi connectivity index (χ2v) is 4.29. The molecule has 6 heteroatoms. The van der Waals surface area contributed by atoms with Gasteiger partial charge in [-0.1, -0.05) is 35.5 Å². The van der Waals surface area contributed by atoms with E-state index in [0.717, 1.165) is 5.56 Å². The van der Waals surface area contributed by atoms with Gasteiger partial charge in [0.2, 0.25) is 11.7 Å². The zero-order chi connectivity index (χ0) is 14.4. The molecule has 0 saturated heterocycles. The first-order valence-corrected chi connectivity index (χ1v) is 6.19. The minimum atomic E-state index is -0.800. The van der Waals surface area contributed by atoms with Crippen LogP contribution in [0.3, 0.4) is 0 Å². The maximum absolute atomic E-state index is 9.54. The lowest BCUT2D eigenvalue weighted by Crippen LogP contribution is -2.10. The topological polar surface area (TPSA) is 92.2 Å². The van der Waals surface area contributed by atoms with E-state index in [9.17, 15) is 5.11 Å². The summed E-state index contributed by atoms with van der Waals surface area (Å²) in [5, 5.41) is 21.9. The second kappa shape index (κ2) is 6.80. The molecule has 2 rings (SSSR count). The van der Waals surface area contributed by atoms with Gasteiger partial charge in [0.25, 0.3) is 0 Å². The molecule has 0 amide bonds. The zero-order valence-corrected chi connectivity index (χ0v) is 11.1. The van der Waals surface area contributed by atoms with E-state index >= 15 is 0 Å². The Bertz CT molecular complexity index is 577. The lowest BCUT2D eigenvalue weighted by Gasteiger charge is -2.10. The summed E-state index contributed by atoms with van der Waals surface area (Å²) >= 11 is 0. The van der Waals surface area contributed by atoms with Crippen molar-refractivity contribution < 1.29 is 14.4 Å². The number of hydrogen-bond acceptors (Lipinski definition) is 6. The number of nitriles is 1. The van der Waals surface area contributed by atoms with Gasteiger partial charge in [-0.15, -0.1) is 0 Å². The van der Waals surface area contributed by atoms with Crippen LogP contribution in [0, 0.1) is 11.3 Å². The van der Waals surface area contributed by atoms with Crippen LogP contribution in [0.5, 0.6) is 0 Å². The Morgan fingerprint density at radius 3 is 2.80 bits per heavy atom. The SMILES string of the molecule is COC(c1ccccc1)c1noc(CC(O)CC#N)n1. The molecule has 0 aliphatic heterocycles. The monoisotopic (exact) mass is 273 g/mol. The van der Waals surface area contributed by atoms with Crippen molar-refractivity contribution in [2.45, 2.75) is 25.0 Å². The van der Waals surface area contributed by atoms with Gasteiger partial charge in [-0.2, -0.15) is 10.2 Å². The Balaban J connectivity index is 2.13. The second-order valence-electron chi connectivity index (χ2n) is 4.29. The first-order chi connectivity index (χ1) is 9.74. The Morgan fingerprint density at radius 2 is 2.15 bits per heavy atom. The Kier molecular flexibility index (Phi) is 4.82. The molecule has 2 unspecified atom stereocenters. The molecule has 20 heavy (non-hydrogen) atoms. The third-order valence-electron chi connectivity index (χ3n) is 2.79. The van der Waals surface area contributed by atoms with Crippen LogP contribution in [-0.4, -0.2) is 28.5 Å². The van der Waals surface area contributed by atoms with Gasteiger partial charge in [-0.25, -0.2) is 0 Å². The van der Waals surface area contributed by atoms with Crippen molar-refractivity contribution in [1.82, 2.24) is 10.1 Å². The number of benzene rings is 1. The van der Waals surface area contributed by atoms with Crippen LogP contribution in [0.4, 0.5) is 0 Å². The summed E-state index contributed by atoms with van der Waals surface area (Å²) in [6, 6.07) is 11.4. The van der Waals surface area contributed by atoms with Crippen LogP contribution in [0.1, 0.15) is 29.8 Å². The van der Waals surface area contributed by atoms with E-state index in [2.05, 4.69) is 10.1 Å². The fourth-order valence-corrected chi connectivity index (χ4v) is 1.85. The fraction of sp³-hybridized carbons (Fsp3) is 0.357. The minimum absolute atomic E-state index is 0.0319. The Hall–Kier alpha value is -2.23. The first kappa shape index (κ1) is 14.2. The standard InChI is InChI=1S/C14H15N3O3/c1-19-13(10-5-3-2-4-6-10)14-16-12(20-17-14)9-11(18)7-8-15/h2-6,11,13,18H,7,9H2,1H3. The van der Waals surface area contributed by atoms with Gasteiger partial charge < -0.3 is 14.4 Å². The largest absolute Gasteiger partial charge is 0.392 e. The van der Waals surface area contributed by atoms with Gasteiger partial charge in [-0.3, -0.25) is 0 Å². The molecule has 1 aromatic heterocycles. The molecule has 1 aromatic carbocycles. The van der Waals surface area contributed by atoms with Crippen LogP contribution in [0.15, 0.2) is 34.9 Å². The third kappa shape index (κ3) is 3.41. The van der Waals surface area contributed by atoms with Crippen LogP contribution < -0.4 is 0 Å². The molecule has 0 bridgehead atoms. The van der Waals surface area contributed by atoms with Gasteiger partial charge in [0.05, 0.1) is 25.0 Å². The predicted molar refractivity (Wildman–Crippen MR) is 69.5 cm³/mol. The number of rotatable bonds is 6. The van der Waals surface area contributed by atoms with Gasteiger partial charge in [0.1, 0.15) is 6.10 Å². The molecule has 0 aliphatic rings. The molecule has 0 fully saturated rings. The predicted octanol–water partition coefficient (Wildman–Crippen LogP) is 1.62. The highest BCUT2D eigenvalue weighted by Crippen LogP contribution is 2.22. The first-order valence-electron chi connectivity index (χ1n) is 6.19. The van der Waals surface area contributed by atoms with Crippen molar-refractivity contribution in [3.8, 4) is 6.07 Å². The molecule has 2 atom stereocenters. The summed E-state index contributed by atoms with van der Waals surface area (Å²) in [6.07, 6.45) is -1.02. The number of hydrogen-bond donors (Lipinski definition) is 1. The van der Waals surface area contributed by atoms with E-state index < -0.39 is 12.2 Å². The summed E-state index contributed by atoms with van der Waals surface area (Å²) in [4.78, 5) is 4.21. The van der Waals surface area contributed by atoms with E-state index in [1.165, 1.54) is 0 Å². The molecular weight excluding hydrogens is 258 g/mol. The summed E-state index contributed by atoms with van der Waals surface area (Å²) in [7, 11) is 1.57. The number of aromatic nitrogens is 2. The summed E-state index contributed by atoms with van der Waals surface area (Å²) in [6.45, 7) is 0. The highest BCUT2D eigenvalue weighted by Gasteiger charge is 2.20. The molecular formula is C14H15N3O3. The average Bonchev–Trinajstić information content (AvgIpc) is 2.89. The lowest BCUT2D eigenvalue weighted by molar-refractivity contribution is 0.126. The molecule has 1 N–H and O–H groups in total. The maximum atomic E-state index is 9.54. The van der Waals surface area contributed by atoms with Crippen molar-refractivity contribution in [2.75, 3.05) is 7.11 Å². The van der Waals surface area contributed by atoms with E-state index in [1.807, 2.05) is 36.4 Å². The molecule has 2 aromatic rings. The van der Waals surface area contributed by atoms with Crippen molar-refractivity contribution in [3.63, 3.8) is 0 Å². The van der Waals surface area contributed by atoms with E-state index in [4.69, 9.17) is 14.5 Å². The fourth-order valence-electron chi connectivity index (χ4n) is 1.85. The smallest absolute Gasteiger partial charge is 0.229 e. The Labute approximate surface area is 116 Å². The normalized spacial score (nSPS) is 13.7. The van der Waals surface area contributed by atoms with Crippen LogP contribution in [0.25, 0.3) is 0 Å². The molecule has 0 saturated carbocycles. The number of aliphatic hydroxyl groups excluding tert-OH is 1. The quantitative estimate of drug-likeness (QED) is 0.859. The maximum Gasteiger partial charge on any atom is 0.229 e.